The number of rotatable bonds is 5. The van der Waals surface area contributed by atoms with E-state index in [4.69, 9.17) is 4.42 Å². The van der Waals surface area contributed by atoms with Crippen molar-refractivity contribution in [1.82, 2.24) is 5.32 Å². The zero-order valence-corrected chi connectivity index (χ0v) is 12.9. The van der Waals surface area contributed by atoms with Crippen LogP contribution >= 0.6 is 15.9 Å². The van der Waals surface area contributed by atoms with Crippen LogP contribution in [0.1, 0.15) is 19.6 Å². The maximum absolute atomic E-state index is 13.8. The number of hydrogen-bond donors (Lipinski definition) is 1. The largest absolute Gasteiger partial charge is 0.461 e. The first kappa shape index (κ1) is 15.2. The minimum absolute atomic E-state index is 0.216. The Bertz CT molecular complexity index is 598. The van der Waals surface area contributed by atoms with E-state index in [2.05, 4.69) is 28.2 Å². The van der Waals surface area contributed by atoms with Gasteiger partial charge in [0.25, 0.3) is 0 Å². The molecule has 0 aliphatic rings. The van der Waals surface area contributed by atoms with Crippen LogP contribution in [0.5, 0.6) is 0 Å². The Morgan fingerprint density at radius 2 is 2.00 bits per heavy atom. The van der Waals surface area contributed by atoms with E-state index in [0.29, 0.717) is 5.76 Å². The summed E-state index contributed by atoms with van der Waals surface area (Å²) in [5, 5.41) is 3.28. The molecule has 20 heavy (non-hydrogen) atoms. The fourth-order valence-electron chi connectivity index (χ4n) is 2.07. The molecule has 2 nitrogen and oxygen atoms in total. The van der Waals surface area contributed by atoms with Crippen LogP contribution in [0, 0.1) is 11.6 Å². The van der Waals surface area contributed by atoms with Crippen LogP contribution in [0.25, 0.3) is 11.3 Å². The zero-order chi connectivity index (χ0) is 14.7. The van der Waals surface area contributed by atoms with Crippen LogP contribution in [-0.2, 0) is 6.42 Å². The molecule has 1 heterocycles. The molecule has 0 saturated heterocycles. The maximum atomic E-state index is 13.8. The maximum Gasteiger partial charge on any atom is 0.140 e. The van der Waals surface area contributed by atoms with Gasteiger partial charge in [0, 0.05) is 18.5 Å². The van der Waals surface area contributed by atoms with Crippen LogP contribution in [-0.4, -0.2) is 12.6 Å². The van der Waals surface area contributed by atoms with Crippen molar-refractivity contribution >= 4 is 15.9 Å². The van der Waals surface area contributed by atoms with Gasteiger partial charge in [0.05, 0.1) is 10.0 Å². The summed E-state index contributed by atoms with van der Waals surface area (Å²) in [7, 11) is 0. The van der Waals surface area contributed by atoms with Gasteiger partial charge < -0.3 is 9.73 Å². The molecule has 0 spiro atoms. The highest BCUT2D eigenvalue weighted by Crippen LogP contribution is 2.30. The molecule has 108 valence electrons. The van der Waals surface area contributed by atoms with E-state index >= 15 is 0 Å². The van der Waals surface area contributed by atoms with Gasteiger partial charge in [0.1, 0.15) is 23.2 Å². The van der Waals surface area contributed by atoms with Gasteiger partial charge in [0.2, 0.25) is 0 Å². The summed E-state index contributed by atoms with van der Waals surface area (Å²) < 4.78 is 32.8. The van der Waals surface area contributed by atoms with Gasteiger partial charge >= 0.3 is 0 Å². The molecule has 1 aromatic heterocycles. The molecule has 2 aromatic rings. The first-order chi connectivity index (χ1) is 9.51. The van der Waals surface area contributed by atoms with Crippen LogP contribution in [0.4, 0.5) is 8.78 Å². The lowest BCUT2D eigenvalue weighted by Crippen LogP contribution is -2.27. The molecule has 0 saturated carbocycles. The molecular weight excluding hydrogens is 328 g/mol. The Kier molecular flexibility index (Phi) is 4.94. The van der Waals surface area contributed by atoms with E-state index in [0.717, 1.165) is 24.8 Å². The molecule has 0 aliphatic heterocycles. The molecular formula is C15H16BrF2NO. The molecule has 1 aromatic carbocycles. The molecule has 0 bridgehead atoms. The minimum atomic E-state index is -0.633. The lowest BCUT2D eigenvalue weighted by molar-refractivity contribution is 0.468. The summed E-state index contributed by atoms with van der Waals surface area (Å²) >= 11 is 3.05. The number of nitrogens with one attached hydrogen (secondary N) is 1. The fourth-order valence-corrected chi connectivity index (χ4v) is 2.41. The van der Waals surface area contributed by atoms with Crippen LogP contribution in [0.15, 0.2) is 33.2 Å². The Morgan fingerprint density at radius 1 is 1.25 bits per heavy atom. The van der Waals surface area contributed by atoms with Crippen molar-refractivity contribution in [3.63, 3.8) is 0 Å². The average Bonchev–Trinajstić information content (AvgIpc) is 2.82. The van der Waals surface area contributed by atoms with Gasteiger partial charge in [-0.05, 0) is 47.6 Å². The predicted octanol–water partition coefficient (Wildman–Crippen LogP) is 4.53. The second kappa shape index (κ2) is 6.50. The second-order valence-corrected chi connectivity index (χ2v) is 5.53. The summed E-state index contributed by atoms with van der Waals surface area (Å²) in [6.45, 7) is 4.98. The minimum Gasteiger partial charge on any atom is -0.461 e. The van der Waals surface area contributed by atoms with Gasteiger partial charge in [-0.1, -0.05) is 6.92 Å². The van der Waals surface area contributed by atoms with Gasteiger partial charge in [-0.3, -0.25) is 0 Å². The summed E-state index contributed by atoms with van der Waals surface area (Å²) in [5.74, 6) is -0.0830. The fraction of sp³-hybridized carbons (Fsp3) is 0.333. The number of likely N-dealkylation sites (N-methyl/N-ethyl adjacent to an activating group) is 1. The van der Waals surface area contributed by atoms with Gasteiger partial charge in [0.15, 0.2) is 0 Å². The highest BCUT2D eigenvalue weighted by Gasteiger charge is 2.14. The Balaban J connectivity index is 2.22. The number of benzene rings is 1. The van der Waals surface area contributed by atoms with Gasteiger partial charge in [-0.15, -0.1) is 0 Å². The molecule has 1 unspecified atom stereocenters. The molecule has 0 fully saturated rings. The summed E-state index contributed by atoms with van der Waals surface area (Å²) in [6, 6.07) is 6.05. The third-order valence-electron chi connectivity index (χ3n) is 3.00. The van der Waals surface area contributed by atoms with E-state index in [1.54, 1.807) is 6.07 Å². The number of halogens is 3. The zero-order valence-electron chi connectivity index (χ0n) is 11.3. The normalized spacial score (nSPS) is 12.7. The Labute approximate surface area is 125 Å². The van der Waals surface area contributed by atoms with Crippen LogP contribution < -0.4 is 5.32 Å². The first-order valence-corrected chi connectivity index (χ1v) is 7.27. The monoisotopic (exact) mass is 343 g/mol. The predicted molar refractivity (Wildman–Crippen MR) is 78.6 cm³/mol. The van der Waals surface area contributed by atoms with Crippen molar-refractivity contribution in [2.45, 2.75) is 26.3 Å². The van der Waals surface area contributed by atoms with Crippen molar-refractivity contribution in [3.05, 3.63) is 46.1 Å². The van der Waals surface area contributed by atoms with Crippen LogP contribution in [0.3, 0.4) is 0 Å². The van der Waals surface area contributed by atoms with Crippen molar-refractivity contribution in [1.29, 1.82) is 0 Å². The van der Waals surface area contributed by atoms with E-state index < -0.39 is 11.6 Å². The van der Waals surface area contributed by atoms with Crippen molar-refractivity contribution < 1.29 is 13.2 Å². The lowest BCUT2D eigenvalue weighted by atomic mass is 10.1. The Hall–Kier alpha value is -1.20. The summed E-state index contributed by atoms with van der Waals surface area (Å²) in [6.07, 6.45) is 0.720. The summed E-state index contributed by atoms with van der Waals surface area (Å²) in [4.78, 5) is 0. The van der Waals surface area contributed by atoms with Crippen LogP contribution in [0.2, 0.25) is 0 Å². The van der Waals surface area contributed by atoms with E-state index in [9.17, 15) is 8.78 Å². The smallest absolute Gasteiger partial charge is 0.140 e. The number of hydrogen-bond acceptors (Lipinski definition) is 2. The topological polar surface area (TPSA) is 25.2 Å². The van der Waals surface area contributed by atoms with Gasteiger partial charge in [-0.25, -0.2) is 8.78 Å². The molecule has 0 amide bonds. The SMILES string of the molecule is CCNC(C)Cc1ccc(-c2cc(Br)c(F)cc2F)o1. The standard InChI is InChI=1S/C15H16BrF2NO/c1-3-19-9(2)6-10-4-5-15(20-10)11-7-12(16)14(18)8-13(11)17/h4-5,7-9,19H,3,6H2,1-2H3. The molecule has 1 N–H and O–H groups in total. The van der Waals surface area contributed by atoms with Crippen molar-refractivity contribution in [2.75, 3.05) is 6.54 Å². The van der Waals surface area contributed by atoms with E-state index in [1.807, 2.05) is 13.0 Å². The third-order valence-corrected chi connectivity index (χ3v) is 3.60. The number of furan rings is 1. The van der Waals surface area contributed by atoms with E-state index in [-0.39, 0.29) is 16.1 Å². The lowest BCUT2D eigenvalue weighted by Gasteiger charge is -2.09. The molecule has 1 atom stereocenters. The molecule has 0 aliphatic carbocycles. The quantitative estimate of drug-likeness (QED) is 0.807. The van der Waals surface area contributed by atoms with Gasteiger partial charge in [-0.2, -0.15) is 0 Å². The third kappa shape index (κ3) is 3.46. The van der Waals surface area contributed by atoms with Crippen molar-refractivity contribution in [2.24, 2.45) is 0 Å². The highest BCUT2D eigenvalue weighted by molar-refractivity contribution is 9.10. The second-order valence-electron chi connectivity index (χ2n) is 4.67. The molecule has 2 rings (SSSR count). The average molecular weight is 344 g/mol. The Morgan fingerprint density at radius 3 is 2.70 bits per heavy atom. The van der Waals surface area contributed by atoms with E-state index in [1.165, 1.54) is 6.07 Å². The molecule has 5 heteroatoms. The molecule has 0 radical (unpaired) electrons. The highest BCUT2D eigenvalue weighted by atomic mass is 79.9. The first-order valence-electron chi connectivity index (χ1n) is 6.48. The summed E-state index contributed by atoms with van der Waals surface area (Å²) in [5.41, 5.74) is 0.251. The van der Waals surface area contributed by atoms with Crippen molar-refractivity contribution in [3.8, 4) is 11.3 Å².